The van der Waals surface area contributed by atoms with Gasteiger partial charge in [-0.1, -0.05) is 19.1 Å². The molecule has 5 heteroatoms. The van der Waals surface area contributed by atoms with Crippen LogP contribution in [-0.4, -0.2) is 34.4 Å². The van der Waals surface area contributed by atoms with E-state index in [1.165, 1.54) is 5.56 Å². The Morgan fingerprint density at radius 1 is 1.35 bits per heavy atom. The summed E-state index contributed by atoms with van der Waals surface area (Å²) in [5.41, 5.74) is 1.25. The number of H-pyrrole nitrogens is 1. The minimum Gasteiger partial charge on any atom is -0.484 e. The molecule has 1 amide bonds. The van der Waals surface area contributed by atoms with Crippen molar-refractivity contribution in [3.63, 3.8) is 0 Å². The Hall–Kier alpha value is -2.30. The Balaban J connectivity index is 1.81. The van der Waals surface area contributed by atoms with Gasteiger partial charge in [-0.2, -0.15) is 0 Å². The van der Waals surface area contributed by atoms with Crippen LogP contribution in [0.2, 0.25) is 0 Å². The maximum Gasteiger partial charge on any atom is 0.260 e. The Morgan fingerprint density at radius 3 is 2.70 bits per heavy atom. The van der Waals surface area contributed by atoms with Gasteiger partial charge in [-0.05, 0) is 24.1 Å². The molecular weight excluding hydrogens is 254 g/mol. The smallest absolute Gasteiger partial charge is 0.260 e. The minimum atomic E-state index is -0.0824. The molecule has 0 aliphatic rings. The quantitative estimate of drug-likeness (QED) is 0.876. The summed E-state index contributed by atoms with van der Waals surface area (Å²) in [7, 11) is 1.73. The van der Waals surface area contributed by atoms with E-state index in [1.807, 2.05) is 24.3 Å². The van der Waals surface area contributed by atoms with E-state index in [0.29, 0.717) is 12.3 Å². The summed E-state index contributed by atoms with van der Waals surface area (Å²) >= 11 is 0. The molecule has 0 aliphatic carbocycles. The number of carbonyl (C=O) groups excluding carboxylic acids is 1. The Morgan fingerprint density at radius 2 is 2.10 bits per heavy atom. The molecule has 1 heterocycles. The minimum absolute atomic E-state index is 0.0304. The normalized spacial score (nSPS) is 10.3. The number of imidazole rings is 1. The molecule has 20 heavy (non-hydrogen) atoms. The highest BCUT2D eigenvalue weighted by Crippen LogP contribution is 2.12. The van der Waals surface area contributed by atoms with Crippen molar-refractivity contribution in [3.8, 4) is 5.75 Å². The highest BCUT2D eigenvalue weighted by molar-refractivity contribution is 5.77. The lowest BCUT2D eigenvalue weighted by Crippen LogP contribution is -2.31. The molecule has 1 N–H and O–H groups in total. The molecular formula is C15H19N3O2. The fourth-order valence-corrected chi connectivity index (χ4v) is 1.77. The van der Waals surface area contributed by atoms with Gasteiger partial charge in [-0.3, -0.25) is 4.79 Å². The van der Waals surface area contributed by atoms with Crippen LogP contribution < -0.4 is 4.74 Å². The average molecular weight is 273 g/mol. The van der Waals surface area contributed by atoms with Gasteiger partial charge >= 0.3 is 0 Å². The van der Waals surface area contributed by atoms with Crippen molar-refractivity contribution in [1.29, 1.82) is 0 Å². The lowest BCUT2D eigenvalue weighted by atomic mass is 10.2. The van der Waals surface area contributed by atoms with Crippen LogP contribution in [0.25, 0.3) is 0 Å². The van der Waals surface area contributed by atoms with Crippen LogP contribution in [0, 0.1) is 0 Å². The topological polar surface area (TPSA) is 58.2 Å². The number of benzene rings is 1. The Labute approximate surface area is 118 Å². The first-order valence-corrected chi connectivity index (χ1v) is 6.63. The number of likely N-dealkylation sites (N-methyl/N-ethyl adjacent to an activating group) is 1. The third kappa shape index (κ3) is 3.85. The van der Waals surface area contributed by atoms with Gasteiger partial charge in [0.25, 0.3) is 5.91 Å². The average Bonchev–Trinajstić information content (AvgIpc) is 2.98. The molecule has 0 saturated heterocycles. The second-order valence-corrected chi connectivity index (χ2v) is 4.57. The fraction of sp³-hybridized carbons (Fsp3) is 0.333. The molecule has 0 unspecified atom stereocenters. The molecule has 2 aromatic rings. The molecule has 0 radical (unpaired) electrons. The number of rotatable bonds is 6. The number of aryl methyl sites for hydroxylation is 1. The fourth-order valence-electron chi connectivity index (χ4n) is 1.77. The third-order valence-electron chi connectivity index (χ3n) is 3.06. The number of nitrogens with one attached hydrogen (secondary N) is 1. The van der Waals surface area contributed by atoms with E-state index < -0.39 is 0 Å². The molecule has 1 aromatic heterocycles. The van der Waals surface area contributed by atoms with Crippen LogP contribution in [0.15, 0.2) is 36.7 Å². The SMILES string of the molecule is CCc1ccc(OCC(=O)N(C)Cc2ncc[nH]2)cc1. The third-order valence-corrected chi connectivity index (χ3v) is 3.06. The molecule has 0 spiro atoms. The standard InChI is InChI=1S/C15H19N3O2/c1-3-12-4-6-13(7-5-12)20-11-15(19)18(2)10-14-16-8-9-17-14/h4-9H,3,10-11H2,1-2H3,(H,16,17). The molecule has 5 nitrogen and oxygen atoms in total. The summed E-state index contributed by atoms with van der Waals surface area (Å²) in [5.74, 6) is 1.39. The Bertz CT molecular complexity index is 535. The first kappa shape index (κ1) is 14.1. The lowest BCUT2D eigenvalue weighted by molar-refractivity contribution is -0.132. The number of hydrogen-bond acceptors (Lipinski definition) is 3. The number of nitrogens with zero attached hydrogens (tertiary/aromatic N) is 2. The van der Waals surface area contributed by atoms with Gasteiger partial charge in [0.1, 0.15) is 11.6 Å². The summed E-state index contributed by atoms with van der Waals surface area (Å²) < 4.78 is 5.49. The van der Waals surface area contributed by atoms with E-state index in [4.69, 9.17) is 4.74 Å². The van der Waals surface area contributed by atoms with Crippen LogP contribution >= 0.6 is 0 Å². The number of ether oxygens (including phenoxy) is 1. The van der Waals surface area contributed by atoms with Gasteiger partial charge < -0.3 is 14.6 Å². The molecule has 0 aliphatic heterocycles. The van der Waals surface area contributed by atoms with Gasteiger partial charge in [0.05, 0.1) is 6.54 Å². The number of aromatic amines is 1. The molecule has 0 fully saturated rings. The predicted molar refractivity (Wildman–Crippen MR) is 76.4 cm³/mol. The zero-order valence-electron chi connectivity index (χ0n) is 11.8. The summed E-state index contributed by atoms with van der Waals surface area (Å²) in [4.78, 5) is 20.6. The van der Waals surface area contributed by atoms with Crippen molar-refractivity contribution in [2.75, 3.05) is 13.7 Å². The van der Waals surface area contributed by atoms with E-state index in [0.717, 1.165) is 12.2 Å². The molecule has 0 atom stereocenters. The van der Waals surface area contributed by atoms with Gasteiger partial charge in [-0.25, -0.2) is 4.98 Å². The number of aromatic nitrogens is 2. The van der Waals surface area contributed by atoms with E-state index in [9.17, 15) is 4.79 Å². The van der Waals surface area contributed by atoms with Gasteiger partial charge in [0.15, 0.2) is 6.61 Å². The first-order chi connectivity index (χ1) is 9.69. The van der Waals surface area contributed by atoms with E-state index >= 15 is 0 Å². The van der Waals surface area contributed by atoms with Crippen LogP contribution in [0.5, 0.6) is 5.75 Å². The number of amides is 1. The van der Waals surface area contributed by atoms with E-state index in [2.05, 4.69) is 16.9 Å². The second-order valence-electron chi connectivity index (χ2n) is 4.57. The van der Waals surface area contributed by atoms with Gasteiger partial charge in [-0.15, -0.1) is 0 Å². The summed E-state index contributed by atoms with van der Waals surface area (Å²) in [6.45, 7) is 2.58. The monoisotopic (exact) mass is 273 g/mol. The maximum atomic E-state index is 11.9. The van der Waals surface area contributed by atoms with Crippen molar-refractivity contribution >= 4 is 5.91 Å². The molecule has 0 bridgehead atoms. The molecule has 1 aromatic carbocycles. The van der Waals surface area contributed by atoms with Gasteiger partial charge in [0, 0.05) is 19.4 Å². The zero-order valence-corrected chi connectivity index (χ0v) is 11.8. The van der Waals surface area contributed by atoms with Crippen molar-refractivity contribution < 1.29 is 9.53 Å². The van der Waals surface area contributed by atoms with Crippen LogP contribution in [-0.2, 0) is 17.8 Å². The zero-order chi connectivity index (χ0) is 14.4. The second kappa shape index (κ2) is 6.75. The predicted octanol–water partition coefficient (Wildman–Crippen LogP) is 2.01. The maximum absolute atomic E-state index is 11.9. The number of hydrogen-bond donors (Lipinski definition) is 1. The van der Waals surface area contributed by atoms with E-state index in [-0.39, 0.29) is 12.5 Å². The lowest BCUT2D eigenvalue weighted by Gasteiger charge is -2.16. The summed E-state index contributed by atoms with van der Waals surface area (Å²) in [5, 5.41) is 0. The molecule has 0 saturated carbocycles. The van der Waals surface area contributed by atoms with Crippen molar-refractivity contribution in [3.05, 3.63) is 48.0 Å². The van der Waals surface area contributed by atoms with E-state index in [1.54, 1.807) is 24.3 Å². The molecule has 2 rings (SSSR count). The largest absolute Gasteiger partial charge is 0.484 e. The summed E-state index contributed by atoms with van der Waals surface area (Å²) in [6, 6.07) is 7.79. The van der Waals surface area contributed by atoms with Crippen LogP contribution in [0.3, 0.4) is 0 Å². The number of carbonyl (C=O) groups is 1. The summed E-state index contributed by atoms with van der Waals surface area (Å²) in [6.07, 6.45) is 4.39. The highest BCUT2D eigenvalue weighted by Gasteiger charge is 2.11. The molecule has 106 valence electrons. The highest BCUT2D eigenvalue weighted by atomic mass is 16.5. The van der Waals surface area contributed by atoms with Crippen LogP contribution in [0.4, 0.5) is 0 Å². The van der Waals surface area contributed by atoms with Crippen LogP contribution in [0.1, 0.15) is 18.3 Å². The van der Waals surface area contributed by atoms with Crippen molar-refractivity contribution in [1.82, 2.24) is 14.9 Å². The van der Waals surface area contributed by atoms with Crippen molar-refractivity contribution in [2.45, 2.75) is 19.9 Å². The Kier molecular flexibility index (Phi) is 4.76. The van der Waals surface area contributed by atoms with Crippen molar-refractivity contribution in [2.24, 2.45) is 0 Å². The van der Waals surface area contributed by atoms with Gasteiger partial charge in [0.2, 0.25) is 0 Å². The first-order valence-electron chi connectivity index (χ1n) is 6.63.